The fraction of sp³-hybridized carbons (Fsp3) is 0.256. The van der Waals surface area contributed by atoms with E-state index in [0.29, 0.717) is 35.7 Å². The average Bonchev–Trinajstić information content (AvgIpc) is 3.10. The maximum atomic E-state index is 15.5. The van der Waals surface area contributed by atoms with Crippen LogP contribution in [0, 0.1) is 13.8 Å². The van der Waals surface area contributed by atoms with Gasteiger partial charge in [0.05, 0.1) is 13.7 Å². The van der Waals surface area contributed by atoms with Gasteiger partial charge in [-0.05, 0) is 97.0 Å². The van der Waals surface area contributed by atoms with Gasteiger partial charge >= 0.3 is 5.97 Å². The fourth-order valence-electron chi connectivity index (χ4n) is 6.51. The van der Waals surface area contributed by atoms with E-state index in [0.717, 1.165) is 69.4 Å². The van der Waals surface area contributed by atoms with Gasteiger partial charge in [-0.3, -0.25) is 14.7 Å². The quantitative estimate of drug-likeness (QED) is 0.131. The minimum Gasteiger partial charge on any atom is -0.496 e. The Morgan fingerprint density at radius 2 is 1.83 bits per heavy atom. The van der Waals surface area contributed by atoms with Crippen molar-refractivity contribution in [2.75, 3.05) is 19.0 Å². The van der Waals surface area contributed by atoms with Crippen LogP contribution in [0.15, 0.2) is 79.1 Å². The number of methoxy groups -OCH3 is 1. The molecule has 3 aromatic carbocycles. The Bertz CT molecular complexity index is 2010. The molecule has 0 unspecified atom stereocenters. The first-order valence-corrected chi connectivity index (χ1v) is 16.1. The van der Waals surface area contributed by atoms with Gasteiger partial charge in [0.2, 0.25) is 0 Å². The van der Waals surface area contributed by atoms with Gasteiger partial charge in [0, 0.05) is 41.1 Å². The zero-order valence-corrected chi connectivity index (χ0v) is 27.3. The number of nitrogens with zero attached hydrogens (tertiary/aromatic N) is 3. The van der Waals surface area contributed by atoms with Crippen molar-refractivity contribution in [3.8, 4) is 16.9 Å². The Balaban J connectivity index is 1.27. The van der Waals surface area contributed by atoms with E-state index in [1.807, 2.05) is 61.3 Å². The van der Waals surface area contributed by atoms with Gasteiger partial charge < -0.3 is 20.3 Å². The number of benzene rings is 3. The number of ether oxygens (including phenoxy) is 1. The molecule has 2 aromatic heterocycles. The highest BCUT2D eigenvalue weighted by atomic mass is 19.1. The number of aliphatic hydroxyl groups excluding tert-OH is 1. The Morgan fingerprint density at radius 3 is 2.60 bits per heavy atom. The third-order valence-corrected chi connectivity index (χ3v) is 9.21. The molecule has 6 rings (SSSR count). The van der Waals surface area contributed by atoms with Crippen LogP contribution in [0.2, 0.25) is 0 Å². The number of hydrogen-bond acceptors (Lipinski definition) is 7. The van der Waals surface area contributed by atoms with Crippen LogP contribution >= 0.6 is 0 Å². The number of piperidine rings is 1. The van der Waals surface area contributed by atoms with Gasteiger partial charge in [-0.15, -0.1) is 0 Å². The molecule has 8 nitrogen and oxygen atoms in total. The predicted molar refractivity (Wildman–Crippen MR) is 188 cm³/mol. The van der Waals surface area contributed by atoms with Gasteiger partial charge in [0.1, 0.15) is 23.1 Å². The maximum Gasteiger partial charge on any atom is 0.320 e. The van der Waals surface area contributed by atoms with Gasteiger partial charge in [-0.1, -0.05) is 48.9 Å². The summed E-state index contributed by atoms with van der Waals surface area (Å²) < 4.78 is 20.8. The largest absolute Gasteiger partial charge is 0.496 e. The Morgan fingerprint density at radius 1 is 1.04 bits per heavy atom. The summed E-state index contributed by atoms with van der Waals surface area (Å²) in [4.78, 5) is 23.2. The molecule has 9 heteroatoms. The van der Waals surface area contributed by atoms with E-state index >= 15 is 4.39 Å². The Labute approximate surface area is 279 Å². The molecular formula is C39H39FN4O4. The second-order valence-electron chi connectivity index (χ2n) is 12.2. The van der Waals surface area contributed by atoms with E-state index in [9.17, 15) is 15.0 Å². The number of likely N-dealkylation sites (tertiary alicyclic amines) is 1. The maximum absolute atomic E-state index is 15.5. The summed E-state index contributed by atoms with van der Waals surface area (Å²) >= 11 is 0. The monoisotopic (exact) mass is 646 g/mol. The molecule has 5 aromatic rings. The lowest BCUT2D eigenvalue weighted by Crippen LogP contribution is -2.44. The molecule has 3 heterocycles. The summed E-state index contributed by atoms with van der Waals surface area (Å²) in [7, 11) is 1.50. The Kier molecular flexibility index (Phi) is 9.80. The van der Waals surface area contributed by atoms with Crippen molar-refractivity contribution in [1.29, 1.82) is 0 Å². The Hall–Kier alpha value is -5.12. The highest BCUT2D eigenvalue weighted by Crippen LogP contribution is 2.36. The summed E-state index contributed by atoms with van der Waals surface area (Å²) in [6.07, 6.45) is 7.68. The molecular weight excluding hydrogens is 607 g/mol. The molecule has 1 atom stereocenters. The highest BCUT2D eigenvalue weighted by Gasteiger charge is 2.28. The third kappa shape index (κ3) is 6.79. The smallest absolute Gasteiger partial charge is 0.320 e. The van der Waals surface area contributed by atoms with Crippen molar-refractivity contribution in [2.24, 2.45) is 0 Å². The van der Waals surface area contributed by atoms with E-state index in [2.05, 4.69) is 22.4 Å². The number of aliphatic carboxylic acids is 1. The van der Waals surface area contributed by atoms with Crippen molar-refractivity contribution in [2.45, 2.75) is 52.3 Å². The van der Waals surface area contributed by atoms with E-state index < -0.39 is 17.8 Å². The van der Waals surface area contributed by atoms with Crippen molar-refractivity contribution in [3.63, 3.8) is 0 Å². The van der Waals surface area contributed by atoms with E-state index in [4.69, 9.17) is 9.72 Å². The molecule has 0 saturated carbocycles. The standard InChI is InChI=1S/C39H39FN4O4/c1-24-27(19-33(40)28-13-14-30(23-45)36(20-28)48-3)8-6-9-31(24)32-10-7-11-34(25(32)2)43-38-37-29(15-16-41-38)18-26(21-42-37)22-44-17-5-4-12-35(44)39(46)47/h6-11,13-16,18-21,35,45H,4-5,12,17,22-23H2,1-3H3,(H,41,43)(H,46,47)/b33-19-/t35-/m0/s1. The number of aliphatic hydroxyl groups is 1. The zero-order valence-electron chi connectivity index (χ0n) is 27.3. The number of nitrogens with one attached hydrogen (secondary N) is 1. The van der Waals surface area contributed by atoms with Crippen molar-refractivity contribution in [1.82, 2.24) is 14.9 Å². The van der Waals surface area contributed by atoms with Crippen LogP contribution in [0.5, 0.6) is 5.75 Å². The zero-order chi connectivity index (χ0) is 33.8. The molecule has 0 spiro atoms. The van der Waals surface area contributed by atoms with Crippen LogP contribution in [0.3, 0.4) is 0 Å². The summed E-state index contributed by atoms with van der Waals surface area (Å²) in [5, 5.41) is 23.6. The average molecular weight is 647 g/mol. The number of anilines is 2. The summed E-state index contributed by atoms with van der Waals surface area (Å²) in [5.41, 5.74) is 8.21. The van der Waals surface area contributed by atoms with Gasteiger partial charge in [0.15, 0.2) is 5.82 Å². The molecule has 246 valence electrons. The van der Waals surface area contributed by atoms with Gasteiger partial charge in [-0.25, -0.2) is 9.37 Å². The van der Waals surface area contributed by atoms with Gasteiger partial charge in [0.25, 0.3) is 0 Å². The van der Waals surface area contributed by atoms with E-state index in [1.165, 1.54) is 13.2 Å². The van der Waals surface area contributed by atoms with Crippen molar-refractivity contribution >= 4 is 40.3 Å². The van der Waals surface area contributed by atoms with Crippen LogP contribution in [0.25, 0.3) is 33.9 Å². The van der Waals surface area contributed by atoms with Crippen LogP contribution in [0.4, 0.5) is 15.9 Å². The van der Waals surface area contributed by atoms with Crippen LogP contribution < -0.4 is 10.1 Å². The first-order chi connectivity index (χ1) is 23.3. The number of hydrogen-bond donors (Lipinski definition) is 3. The molecule has 48 heavy (non-hydrogen) atoms. The van der Waals surface area contributed by atoms with Crippen LogP contribution in [-0.4, -0.2) is 50.7 Å². The summed E-state index contributed by atoms with van der Waals surface area (Å²) in [6.45, 7) is 5.14. The third-order valence-electron chi connectivity index (χ3n) is 9.21. The predicted octanol–water partition coefficient (Wildman–Crippen LogP) is 8.06. The number of carbonyl (C=O) groups is 1. The number of carboxylic acid groups (broad SMARTS) is 1. The lowest BCUT2D eigenvalue weighted by atomic mass is 9.92. The molecule has 1 aliphatic heterocycles. The first-order valence-electron chi connectivity index (χ1n) is 16.1. The highest BCUT2D eigenvalue weighted by molar-refractivity contribution is 5.91. The molecule has 0 radical (unpaired) electrons. The molecule has 3 N–H and O–H groups in total. The van der Waals surface area contributed by atoms with Crippen molar-refractivity contribution in [3.05, 3.63) is 113 Å². The lowest BCUT2D eigenvalue weighted by Gasteiger charge is -2.32. The minimum absolute atomic E-state index is 0.188. The lowest BCUT2D eigenvalue weighted by molar-refractivity contribution is -0.144. The van der Waals surface area contributed by atoms with Gasteiger partial charge in [-0.2, -0.15) is 0 Å². The normalized spacial score (nSPS) is 15.4. The molecule has 0 amide bonds. The number of pyridine rings is 2. The second-order valence-corrected chi connectivity index (χ2v) is 12.2. The number of carboxylic acids is 1. The fourth-order valence-corrected chi connectivity index (χ4v) is 6.51. The number of rotatable bonds is 10. The van der Waals surface area contributed by atoms with Crippen molar-refractivity contribution < 1.29 is 24.1 Å². The van der Waals surface area contributed by atoms with Crippen LogP contribution in [0.1, 0.15) is 52.6 Å². The molecule has 0 aliphatic carbocycles. The summed E-state index contributed by atoms with van der Waals surface area (Å²) in [5.74, 6) is -0.112. The topological polar surface area (TPSA) is 108 Å². The molecule has 0 bridgehead atoms. The van der Waals surface area contributed by atoms with E-state index in [1.54, 1.807) is 24.4 Å². The molecule has 1 fully saturated rings. The summed E-state index contributed by atoms with van der Waals surface area (Å²) in [6, 6.07) is 20.3. The van der Waals surface area contributed by atoms with Crippen LogP contribution in [-0.2, 0) is 17.9 Å². The molecule has 1 aliphatic rings. The number of aromatic nitrogens is 2. The minimum atomic E-state index is -0.770. The second kappa shape index (κ2) is 14.3. The molecule has 1 saturated heterocycles. The van der Waals surface area contributed by atoms with E-state index in [-0.39, 0.29) is 6.61 Å². The first kappa shape index (κ1) is 32.8. The number of fused-ring (bicyclic) bond motifs is 1. The SMILES string of the molecule is COc1cc(/C(F)=C/c2cccc(-c3cccc(Nc4nccc5cc(CN6CCCC[C@H]6C(=O)O)cnc45)c3C)c2C)ccc1CO. The number of halogens is 1.